The van der Waals surface area contributed by atoms with Crippen LogP contribution in [0.15, 0.2) is 24.5 Å². The van der Waals surface area contributed by atoms with Gasteiger partial charge in [0.25, 0.3) is 0 Å². The average Bonchev–Trinajstić information content (AvgIpc) is 2.81. The third kappa shape index (κ3) is 7.03. The molecule has 0 spiro atoms. The second-order valence-electron chi connectivity index (χ2n) is 12.3. The van der Waals surface area contributed by atoms with Crippen molar-refractivity contribution in [3.8, 4) is 17.0 Å². The van der Waals surface area contributed by atoms with Crippen LogP contribution in [-0.4, -0.2) is 59.1 Å². The SMILES string of the molecule is Cc1ncc(-c2ccc(OCCOC3CCC3)cn2)c(N2CCC(C)(C)CC2)c1[C@H](OC(C)(C)C)C(=O)O. The average molecular weight is 526 g/mol. The number of aromatic nitrogens is 2. The fraction of sp³-hybridized carbons (Fsp3) is 0.633. The normalized spacial score (nSPS) is 18.6. The Hall–Kier alpha value is -2.71. The van der Waals surface area contributed by atoms with Crippen molar-refractivity contribution >= 4 is 11.7 Å². The standard InChI is InChI=1S/C30H43N3O5/c1-20-25(27(28(34)35)38-29(2,3)4)26(33-14-12-30(5,6)13-15-33)23(19-31-20)24-11-10-22(18-32-24)37-17-16-36-21-8-7-9-21/h10-11,18-19,21,27H,7-9,12-17H2,1-6H3,(H,34,35)/t27-/m0/s1. The van der Waals surface area contributed by atoms with E-state index in [1.807, 2.05) is 39.8 Å². The van der Waals surface area contributed by atoms with Crippen molar-refractivity contribution in [3.05, 3.63) is 35.8 Å². The second kappa shape index (κ2) is 11.6. The third-order valence-corrected chi connectivity index (χ3v) is 7.45. The highest BCUT2D eigenvalue weighted by Crippen LogP contribution is 2.43. The Morgan fingerprint density at radius 3 is 2.39 bits per heavy atom. The van der Waals surface area contributed by atoms with Gasteiger partial charge in [0, 0.05) is 36.1 Å². The lowest BCUT2D eigenvalue weighted by Crippen LogP contribution is -2.39. The van der Waals surface area contributed by atoms with E-state index in [9.17, 15) is 9.90 Å². The van der Waals surface area contributed by atoms with Gasteiger partial charge in [0.05, 0.1) is 35.9 Å². The van der Waals surface area contributed by atoms with Crippen molar-refractivity contribution in [2.75, 3.05) is 31.2 Å². The third-order valence-electron chi connectivity index (χ3n) is 7.45. The Bertz CT molecular complexity index is 1100. The van der Waals surface area contributed by atoms with Crippen LogP contribution in [0.1, 0.15) is 84.1 Å². The lowest BCUT2D eigenvalue weighted by atomic mass is 9.82. The molecule has 1 saturated carbocycles. The van der Waals surface area contributed by atoms with Crippen molar-refractivity contribution in [1.29, 1.82) is 0 Å². The quantitative estimate of drug-likeness (QED) is 0.379. The van der Waals surface area contributed by atoms with E-state index in [4.69, 9.17) is 19.2 Å². The zero-order chi connectivity index (χ0) is 27.5. The molecule has 0 amide bonds. The van der Waals surface area contributed by atoms with Crippen LogP contribution in [-0.2, 0) is 14.3 Å². The van der Waals surface area contributed by atoms with Gasteiger partial charge in [-0.1, -0.05) is 13.8 Å². The minimum Gasteiger partial charge on any atom is -0.490 e. The van der Waals surface area contributed by atoms with Crippen LogP contribution in [0.25, 0.3) is 11.3 Å². The highest BCUT2D eigenvalue weighted by Gasteiger charge is 2.36. The number of anilines is 1. The lowest BCUT2D eigenvalue weighted by molar-refractivity contribution is -0.160. The molecule has 2 aliphatic rings. The number of pyridine rings is 2. The number of rotatable bonds is 10. The molecule has 1 aliphatic heterocycles. The Kier molecular flexibility index (Phi) is 8.62. The lowest BCUT2D eigenvalue weighted by Gasteiger charge is -2.40. The molecule has 0 aromatic carbocycles. The largest absolute Gasteiger partial charge is 0.490 e. The Morgan fingerprint density at radius 2 is 1.84 bits per heavy atom. The predicted molar refractivity (Wildman–Crippen MR) is 148 cm³/mol. The fourth-order valence-electron chi connectivity index (χ4n) is 4.91. The number of nitrogens with zero attached hydrogens (tertiary/aromatic N) is 3. The van der Waals surface area contributed by atoms with Crippen molar-refractivity contribution in [1.82, 2.24) is 9.97 Å². The summed E-state index contributed by atoms with van der Waals surface area (Å²) >= 11 is 0. The number of hydrogen-bond acceptors (Lipinski definition) is 7. The summed E-state index contributed by atoms with van der Waals surface area (Å²) in [6.07, 6.45) is 8.30. The van der Waals surface area contributed by atoms with E-state index < -0.39 is 17.7 Å². The van der Waals surface area contributed by atoms with E-state index in [0.717, 1.165) is 55.7 Å². The summed E-state index contributed by atoms with van der Waals surface area (Å²) < 4.78 is 17.7. The van der Waals surface area contributed by atoms with Crippen LogP contribution in [0.4, 0.5) is 5.69 Å². The summed E-state index contributed by atoms with van der Waals surface area (Å²) in [5, 5.41) is 10.3. The summed E-state index contributed by atoms with van der Waals surface area (Å²) in [5.74, 6) is -0.353. The maximum atomic E-state index is 12.5. The molecule has 1 aliphatic carbocycles. The van der Waals surface area contributed by atoms with Gasteiger partial charge in [-0.3, -0.25) is 9.97 Å². The summed E-state index contributed by atoms with van der Waals surface area (Å²) in [4.78, 5) is 24.2. The maximum Gasteiger partial charge on any atom is 0.337 e. The first-order chi connectivity index (χ1) is 17.9. The first-order valence-corrected chi connectivity index (χ1v) is 13.8. The van der Waals surface area contributed by atoms with Gasteiger partial charge in [-0.15, -0.1) is 0 Å². The summed E-state index contributed by atoms with van der Waals surface area (Å²) in [7, 11) is 0. The van der Waals surface area contributed by atoms with Crippen LogP contribution in [0.3, 0.4) is 0 Å². The van der Waals surface area contributed by atoms with E-state index in [1.165, 1.54) is 6.42 Å². The molecule has 1 N–H and O–H groups in total. The number of carboxylic acid groups (broad SMARTS) is 1. The number of carboxylic acids is 1. The molecule has 0 radical (unpaired) electrons. The van der Waals surface area contributed by atoms with Gasteiger partial charge in [-0.2, -0.15) is 0 Å². The molecule has 38 heavy (non-hydrogen) atoms. The van der Waals surface area contributed by atoms with Gasteiger partial charge in [-0.25, -0.2) is 4.79 Å². The molecule has 2 aromatic rings. The van der Waals surface area contributed by atoms with E-state index in [-0.39, 0.29) is 5.41 Å². The zero-order valence-corrected chi connectivity index (χ0v) is 23.7. The Labute approximate surface area is 226 Å². The van der Waals surface area contributed by atoms with Crippen LogP contribution in [0.2, 0.25) is 0 Å². The smallest absolute Gasteiger partial charge is 0.337 e. The molecule has 3 heterocycles. The molecule has 0 unspecified atom stereocenters. The van der Waals surface area contributed by atoms with Crippen LogP contribution < -0.4 is 9.64 Å². The maximum absolute atomic E-state index is 12.5. The van der Waals surface area contributed by atoms with E-state index in [2.05, 4.69) is 23.7 Å². The summed E-state index contributed by atoms with van der Waals surface area (Å²) in [5.41, 5.74) is 3.21. The van der Waals surface area contributed by atoms with E-state index in [1.54, 1.807) is 12.4 Å². The van der Waals surface area contributed by atoms with Gasteiger partial charge < -0.3 is 24.2 Å². The Morgan fingerprint density at radius 1 is 1.13 bits per heavy atom. The van der Waals surface area contributed by atoms with Crippen molar-refractivity contribution in [3.63, 3.8) is 0 Å². The van der Waals surface area contributed by atoms with Gasteiger partial charge in [0.2, 0.25) is 0 Å². The second-order valence-corrected chi connectivity index (χ2v) is 12.3. The number of piperidine rings is 1. The topological polar surface area (TPSA) is 94.0 Å². The van der Waals surface area contributed by atoms with Crippen molar-refractivity contribution in [2.24, 2.45) is 5.41 Å². The summed E-state index contributed by atoms with van der Waals surface area (Å²) in [6.45, 7) is 14.7. The number of ether oxygens (including phenoxy) is 3. The van der Waals surface area contributed by atoms with E-state index >= 15 is 0 Å². The van der Waals surface area contributed by atoms with Crippen LogP contribution >= 0.6 is 0 Å². The first-order valence-electron chi connectivity index (χ1n) is 13.8. The highest BCUT2D eigenvalue weighted by molar-refractivity contribution is 5.85. The van der Waals surface area contributed by atoms with Crippen molar-refractivity contribution < 1.29 is 24.1 Å². The first kappa shape index (κ1) is 28.3. The minimum absolute atomic E-state index is 0.243. The zero-order valence-electron chi connectivity index (χ0n) is 23.7. The number of aliphatic carboxylic acids is 1. The van der Waals surface area contributed by atoms with Gasteiger partial charge in [0.1, 0.15) is 12.4 Å². The monoisotopic (exact) mass is 525 g/mol. The summed E-state index contributed by atoms with van der Waals surface area (Å²) in [6, 6.07) is 3.81. The van der Waals surface area contributed by atoms with Gasteiger partial charge in [-0.05, 0) is 77.3 Å². The molecule has 8 nitrogen and oxygen atoms in total. The molecular formula is C30H43N3O5. The molecule has 1 saturated heterocycles. The molecule has 2 fully saturated rings. The molecule has 4 rings (SSSR count). The van der Waals surface area contributed by atoms with Crippen molar-refractivity contribution in [2.45, 2.75) is 91.5 Å². The van der Waals surface area contributed by atoms with Crippen LogP contribution in [0.5, 0.6) is 5.75 Å². The molecular weight excluding hydrogens is 482 g/mol. The highest BCUT2D eigenvalue weighted by atomic mass is 16.5. The predicted octanol–water partition coefficient (Wildman–Crippen LogP) is 5.97. The Balaban J connectivity index is 1.66. The van der Waals surface area contributed by atoms with E-state index in [0.29, 0.717) is 36.3 Å². The molecule has 1 atom stereocenters. The molecule has 8 heteroatoms. The number of aryl methyl sites for hydroxylation is 1. The van der Waals surface area contributed by atoms with Gasteiger partial charge in [0.15, 0.2) is 6.10 Å². The number of hydrogen-bond donors (Lipinski definition) is 1. The molecule has 0 bridgehead atoms. The van der Waals surface area contributed by atoms with Gasteiger partial charge >= 0.3 is 5.97 Å². The fourth-order valence-corrected chi connectivity index (χ4v) is 4.91. The van der Waals surface area contributed by atoms with Crippen LogP contribution in [0, 0.1) is 12.3 Å². The number of carbonyl (C=O) groups is 1. The molecule has 2 aromatic heterocycles. The minimum atomic E-state index is -1.15. The molecule has 208 valence electrons.